The third kappa shape index (κ3) is 2.26. The van der Waals surface area contributed by atoms with E-state index < -0.39 is 5.82 Å². The van der Waals surface area contributed by atoms with Crippen LogP contribution < -0.4 is 0 Å². The van der Waals surface area contributed by atoms with E-state index in [2.05, 4.69) is 5.16 Å². The van der Waals surface area contributed by atoms with Crippen molar-refractivity contribution in [3.63, 3.8) is 0 Å². The second kappa shape index (κ2) is 4.94. The van der Waals surface area contributed by atoms with Crippen LogP contribution in [0.4, 0.5) is 4.39 Å². The quantitative estimate of drug-likeness (QED) is 0.844. The molecule has 1 aromatic heterocycles. The third-order valence-corrected chi connectivity index (χ3v) is 3.57. The molecule has 0 amide bonds. The van der Waals surface area contributed by atoms with Crippen molar-refractivity contribution in [1.82, 2.24) is 5.16 Å². The van der Waals surface area contributed by atoms with E-state index in [-0.39, 0.29) is 5.56 Å². The Morgan fingerprint density at radius 1 is 1.47 bits per heavy atom. The molecule has 1 fully saturated rings. The molecular formula is C14H13ClFNO2. The lowest BCUT2D eigenvalue weighted by Crippen LogP contribution is -1.95. The first-order chi connectivity index (χ1) is 9.22. The van der Waals surface area contributed by atoms with Crippen LogP contribution in [-0.2, 0) is 11.3 Å². The summed E-state index contributed by atoms with van der Waals surface area (Å²) in [6.07, 6.45) is 2.16. The highest BCUT2D eigenvalue weighted by atomic mass is 35.5. The molecule has 1 aliphatic rings. The molecule has 0 radical (unpaired) electrons. The maximum absolute atomic E-state index is 14.0. The van der Waals surface area contributed by atoms with E-state index in [0.717, 1.165) is 24.2 Å². The van der Waals surface area contributed by atoms with Crippen molar-refractivity contribution >= 4 is 11.6 Å². The van der Waals surface area contributed by atoms with E-state index in [9.17, 15) is 4.39 Å². The largest absolute Gasteiger partial charge is 0.380 e. The molecule has 0 spiro atoms. The molecule has 2 aromatic rings. The first kappa shape index (κ1) is 12.6. The number of halogens is 2. The van der Waals surface area contributed by atoms with Gasteiger partial charge in [-0.15, -0.1) is 0 Å². The van der Waals surface area contributed by atoms with Crippen LogP contribution in [0, 0.1) is 5.82 Å². The van der Waals surface area contributed by atoms with Gasteiger partial charge < -0.3 is 9.26 Å². The molecule has 0 N–H and O–H groups in total. The van der Waals surface area contributed by atoms with Crippen LogP contribution in [0.25, 0.3) is 11.3 Å². The summed E-state index contributed by atoms with van der Waals surface area (Å²) in [6, 6.07) is 4.57. The minimum absolute atomic E-state index is 0.284. The predicted octanol–water partition coefficient (Wildman–Crippen LogP) is 4.16. The van der Waals surface area contributed by atoms with Gasteiger partial charge in [-0.05, 0) is 25.0 Å². The predicted molar refractivity (Wildman–Crippen MR) is 69.6 cm³/mol. The van der Waals surface area contributed by atoms with Crippen molar-refractivity contribution in [2.45, 2.75) is 25.4 Å². The summed E-state index contributed by atoms with van der Waals surface area (Å²) in [5.41, 5.74) is 1.54. The van der Waals surface area contributed by atoms with Gasteiger partial charge in [0.1, 0.15) is 17.3 Å². The van der Waals surface area contributed by atoms with Crippen LogP contribution in [0.1, 0.15) is 30.1 Å². The van der Waals surface area contributed by atoms with E-state index in [1.165, 1.54) is 6.07 Å². The van der Waals surface area contributed by atoms with Gasteiger partial charge in [0.25, 0.3) is 0 Å². The van der Waals surface area contributed by atoms with Gasteiger partial charge in [0.05, 0.1) is 17.2 Å². The number of benzene rings is 1. The van der Waals surface area contributed by atoms with Crippen molar-refractivity contribution in [2.75, 3.05) is 7.11 Å². The average molecular weight is 282 g/mol. The molecule has 1 saturated carbocycles. The fourth-order valence-electron chi connectivity index (χ4n) is 2.19. The van der Waals surface area contributed by atoms with E-state index in [1.54, 1.807) is 19.2 Å². The minimum atomic E-state index is -0.402. The highest BCUT2D eigenvalue weighted by Crippen LogP contribution is 2.45. The van der Waals surface area contributed by atoms with Crippen LogP contribution in [-0.4, -0.2) is 12.3 Å². The SMILES string of the molecule is COCc1c(-c2c(F)cccc2Cl)noc1C1CC1. The average Bonchev–Trinajstić information content (AvgIpc) is 3.14. The van der Waals surface area contributed by atoms with Crippen molar-refractivity contribution in [3.8, 4) is 11.3 Å². The van der Waals surface area contributed by atoms with Crippen molar-refractivity contribution in [3.05, 3.63) is 40.4 Å². The van der Waals surface area contributed by atoms with Gasteiger partial charge in [0.2, 0.25) is 0 Å². The number of rotatable bonds is 4. The lowest BCUT2D eigenvalue weighted by atomic mass is 10.0. The van der Waals surface area contributed by atoms with E-state index in [1.807, 2.05) is 0 Å². The highest BCUT2D eigenvalue weighted by molar-refractivity contribution is 6.33. The molecule has 0 bridgehead atoms. The number of aromatic nitrogens is 1. The van der Waals surface area contributed by atoms with Crippen LogP contribution in [0.2, 0.25) is 5.02 Å². The summed E-state index contributed by atoms with van der Waals surface area (Å²) in [4.78, 5) is 0. The van der Waals surface area contributed by atoms with Crippen molar-refractivity contribution in [1.29, 1.82) is 0 Å². The topological polar surface area (TPSA) is 35.3 Å². The van der Waals surface area contributed by atoms with Gasteiger partial charge in [-0.1, -0.05) is 22.8 Å². The Hall–Kier alpha value is -1.39. The molecular weight excluding hydrogens is 269 g/mol. The zero-order valence-corrected chi connectivity index (χ0v) is 11.2. The van der Waals surface area contributed by atoms with Gasteiger partial charge in [0, 0.05) is 18.6 Å². The van der Waals surface area contributed by atoms with Crippen LogP contribution in [0.5, 0.6) is 0 Å². The second-order valence-electron chi connectivity index (χ2n) is 4.68. The van der Waals surface area contributed by atoms with E-state index in [0.29, 0.717) is 23.2 Å². The summed E-state index contributed by atoms with van der Waals surface area (Å²) in [5, 5.41) is 4.34. The van der Waals surface area contributed by atoms with Gasteiger partial charge in [-0.2, -0.15) is 0 Å². The fraction of sp³-hybridized carbons (Fsp3) is 0.357. The normalized spacial score (nSPS) is 14.9. The molecule has 3 nitrogen and oxygen atoms in total. The molecule has 0 unspecified atom stereocenters. The number of ether oxygens (including phenoxy) is 1. The highest BCUT2D eigenvalue weighted by Gasteiger charge is 2.33. The Morgan fingerprint density at radius 3 is 2.89 bits per heavy atom. The molecule has 100 valence electrons. The van der Waals surface area contributed by atoms with Crippen molar-refractivity contribution < 1.29 is 13.7 Å². The zero-order chi connectivity index (χ0) is 13.4. The number of hydrogen-bond acceptors (Lipinski definition) is 3. The first-order valence-corrected chi connectivity index (χ1v) is 6.52. The first-order valence-electron chi connectivity index (χ1n) is 6.14. The molecule has 1 aromatic carbocycles. The summed E-state index contributed by atoms with van der Waals surface area (Å²) in [6.45, 7) is 0.343. The molecule has 5 heteroatoms. The van der Waals surface area contributed by atoms with Crippen LogP contribution in [0.3, 0.4) is 0 Å². The number of hydrogen-bond donors (Lipinski definition) is 0. The Kier molecular flexibility index (Phi) is 3.29. The summed E-state index contributed by atoms with van der Waals surface area (Å²) >= 11 is 6.08. The number of nitrogens with zero attached hydrogens (tertiary/aromatic N) is 1. The summed E-state index contributed by atoms with van der Waals surface area (Å²) < 4.78 is 24.5. The fourth-order valence-corrected chi connectivity index (χ4v) is 2.45. The molecule has 3 rings (SSSR count). The maximum Gasteiger partial charge on any atom is 0.145 e. The van der Waals surface area contributed by atoms with Crippen LogP contribution >= 0.6 is 11.6 Å². The molecule has 0 atom stereocenters. The molecule has 1 aliphatic carbocycles. The van der Waals surface area contributed by atoms with Crippen LogP contribution in [0.15, 0.2) is 22.7 Å². The Bertz CT molecular complexity index is 587. The minimum Gasteiger partial charge on any atom is -0.380 e. The Morgan fingerprint density at radius 2 is 2.26 bits per heavy atom. The Labute approximate surface area is 115 Å². The monoisotopic (exact) mass is 281 g/mol. The van der Waals surface area contributed by atoms with Gasteiger partial charge in [-0.3, -0.25) is 0 Å². The molecule has 0 aliphatic heterocycles. The lowest BCUT2D eigenvalue weighted by Gasteiger charge is -2.05. The van der Waals surface area contributed by atoms with Gasteiger partial charge >= 0.3 is 0 Å². The molecule has 19 heavy (non-hydrogen) atoms. The maximum atomic E-state index is 14.0. The third-order valence-electron chi connectivity index (χ3n) is 3.25. The second-order valence-corrected chi connectivity index (χ2v) is 5.09. The smallest absolute Gasteiger partial charge is 0.145 e. The van der Waals surface area contributed by atoms with E-state index in [4.69, 9.17) is 20.9 Å². The van der Waals surface area contributed by atoms with Gasteiger partial charge in [0.15, 0.2) is 0 Å². The summed E-state index contributed by atoms with van der Waals surface area (Å²) in [7, 11) is 1.59. The molecule has 0 saturated heterocycles. The Balaban J connectivity index is 2.14. The van der Waals surface area contributed by atoms with Gasteiger partial charge in [-0.25, -0.2) is 4.39 Å². The van der Waals surface area contributed by atoms with Crippen molar-refractivity contribution in [2.24, 2.45) is 0 Å². The zero-order valence-electron chi connectivity index (χ0n) is 10.5. The number of methoxy groups -OCH3 is 1. The lowest BCUT2D eigenvalue weighted by molar-refractivity contribution is 0.183. The standard InChI is InChI=1S/C14H13ClFNO2/c1-18-7-9-13(17-19-14(9)8-5-6-8)12-10(15)3-2-4-11(12)16/h2-4,8H,5-7H2,1H3. The summed E-state index contributed by atoms with van der Waals surface area (Å²) in [5.74, 6) is 0.786. The molecule has 1 heterocycles. The van der Waals surface area contributed by atoms with E-state index >= 15 is 0 Å².